The van der Waals surface area contributed by atoms with E-state index < -0.39 is 6.17 Å². The van der Waals surface area contributed by atoms with Crippen molar-refractivity contribution in [2.75, 3.05) is 6.54 Å². The van der Waals surface area contributed by atoms with E-state index in [9.17, 15) is 4.39 Å². The van der Waals surface area contributed by atoms with Crippen LogP contribution in [0.2, 0.25) is 0 Å². The summed E-state index contributed by atoms with van der Waals surface area (Å²) in [7, 11) is 1.75. The molecule has 1 aromatic heterocycles. The van der Waals surface area contributed by atoms with Gasteiger partial charge in [0.15, 0.2) is 6.17 Å². The lowest BCUT2D eigenvalue weighted by atomic mass is 9.99. The quantitative estimate of drug-likeness (QED) is 0.770. The van der Waals surface area contributed by atoms with Crippen molar-refractivity contribution in [3.05, 3.63) is 11.9 Å². The van der Waals surface area contributed by atoms with Gasteiger partial charge >= 0.3 is 0 Å². The first-order valence-electron chi connectivity index (χ1n) is 5.01. The molecule has 0 radical (unpaired) electrons. The first-order valence-corrected chi connectivity index (χ1v) is 5.01. The van der Waals surface area contributed by atoms with Crippen LogP contribution in [-0.4, -0.2) is 27.6 Å². The van der Waals surface area contributed by atoms with E-state index in [4.69, 9.17) is 0 Å². The summed E-state index contributed by atoms with van der Waals surface area (Å²) in [6.45, 7) is 0.908. The number of hydrogen-bond donors (Lipinski definition) is 1. The molecule has 1 aliphatic heterocycles. The zero-order valence-corrected chi connectivity index (χ0v) is 8.28. The van der Waals surface area contributed by atoms with Crippen LogP contribution in [0.1, 0.15) is 31.1 Å². The number of nitrogens with zero attached hydrogens (tertiary/aromatic N) is 3. The lowest BCUT2D eigenvalue weighted by Crippen LogP contribution is -2.37. The minimum Gasteiger partial charge on any atom is -0.311 e. The number of alkyl halides is 1. The highest BCUT2D eigenvalue weighted by atomic mass is 19.1. The second-order valence-electron chi connectivity index (χ2n) is 3.78. The van der Waals surface area contributed by atoms with Gasteiger partial charge in [0.25, 0.3) is 0 Å². The lowest BCUT2D eigenvalue weighted by molar-refractivity contribution is 0.216. The van der Waals surface area contributed by atoms with Crippen molar-refractivity contribution in [3.63, 3.8) is 0 Å². The van der Waals surface area contributed by atoms with Crippen LogP contribution in [-0.2, 0) is 7.05 Å². The Morgan fingerprint density at radius 2 is 2.50 bits per heavy atom. The Kier molecular flexibility index (Phi) is 2.77. The number of aromatic nitrogens is 3. The van der Waals surface area contributed by atoms with Gasteiger partial charge in [0, 0.05) is 13.1 Å². The third-order valence-electron chi connectivity index (χ3n) is 2.60. The molecule has 1 aromatic rings. The number of nitrogens with one attached hydrogen (secondary N) is 1. The maximum atomic E-state index is 13.9. The number of aryl methyl sites for hydroxylation is 1. The fraction of sp³-hybridized carbons (Fsp3) is 0.778. The summed E-state index contributed by atoms with van der Waals surface area (Å²) in [5.41, 5.74) is 0.437. The molecule has 0 aromatic carbocycles. The van der Waals surface area contributed by atoms with Crippen LogP contribution in [0.3, 0.4) is 0 Å². The molecule has 2 heterocycles. The van der Waals surface area contributed by atoms with Crippen LogP contribution in [0.5, 0.6) is 0 Å². The Bertz CT molecular complexity index is 293. The van der Waals surface area contributed by atoms with Gasteiger partial charge in [-0.15, -0.1) is 5.10 Å². The summed E-state index contributed by atoms with van der Waals surface area (Å²) >= 11 is 0. The zero-order chi connectivity index (χ0) is 9.97. The molecule has 5 heteroatoms. The first kappa shape index (κ1) is 9.58. The topological polar surface area (TPSA) is 42.7 Å². The molecule has 2 unspecified atom stereocenters. The highest BCUT2D eigenvalue weighted by Gasteiger charge is 2.26. The average molecular weight is 198 g/mol. The van der Waals surface area contributed by atoms with E-state index in [2.05, 4.69) is 15.6 Å². The Morgan fingerprint density at radius 3 is 3.07 bits per heavy atom. The van der Waals surface area contributed by atoms with E-state index >= 15 is 0 Å². The monoisotopic (exact) mass is 198 g/mol. The average Bonchev–Trinajstić information content (AvgIpc) is 2.65. The van der Waals surface area contributed by atoms with Crippen LogP contribution in [0, 0.1) is 0 Å². The molecule has 1 fully saturated rings. The fourth-order valence-electron chi connectivity index (χ4n) is 1.83. The molecule has 0 saturated carbocycles. The molecule has 1 N–H and O–H groups in total. The van der Waals surface area contributed by atoms with E-state index in [1.165, 1.54) is 4.68 Å². The molecule has 4 nitrogen and oxygen atoms in total. The van der Waals surface area contributed by atoms with Gasteiger partial charge in [0.2, 0.25) is 0 Å². The van der Waals surface area contributed by atoms with E-state index in [0.29, 0.717) is 5.69 Å². The summed E-state index contributed by atoms with van der Waals surface area (Å²) in [5, 5.41) is 10.7. The highest BCUT2D eigenvalue weighted by molar-refractivity contribution is 5.02. The molecule has 1 saturated heterocycles. The Labute approximate surface area is 82.5 Å². The van der Waals surface area contributed by atoms with E-state index in [1.807, 2.05) is 0 Å². The van der Waals surface area contributed by atoms with Gasteiger partial charge in [0.05, 0.1) is 6.20 Å². The maximum absolute atomic E-state index is 13.9. The van der Waals surface area contributed by atoms with Crippen molar-refractivity contribution in [3.8, 4) is 0 Å². The van der Waals surface area contributed by atoms with Crippen molar-refractivity contribution < 1.29 is 4.39 Å². The molecule has 2 atom stereocenters. The molecule has 2 rings (SSSR count). The summed E-state index contributed by atoms with van der Waals surface area (Å²) < 4.78 is 15.4. The largest absolute Gasteiger partial charge is 0.311 e. The lowest BCUT2D eigenvalue weighted by Gasteiger charge is -2.25. The summed E-state index contributed by atoms with van der Waals surface area (Å²) in [5.74, 6) is 0. The molecule has 78 valence electrons. The van der Waals surface area contributed by atoms with Crippen LogP contribution in [0.25, 0.3) is 0 Å². The minimum absolute atomic E-state index is 0.0829. The molecule has 14 heavy (non-hydrogen) atoms. The second kappa shape index (κ2) is 4.04. The van der Waals surface area contributed by atoms with Crippen molar-refractivity contribution in [2.24, 2.45) is 7.05 Å². The molecular formula is C9H15FN4. The maximum Gasteiger partial charge on any atom is 0.161 e. The normalized spacial score (nSPS) is 24.9. The third-order valence-corrected chi connectivity index (χ3v) is 2.60. The smallest absolute Gasteiger partial charge is 0.161 e. The van der Waals surface area contributed by atoms with E-state index in [0.717, 1.165) is 25.8 Å². The van der Waals surface area contributed by atoms with Gasteiger partial charge in [0.1, 0.15) is 5.69 Å². The van der Waals surface area contributed by atoms with Gasteiger partial charge in [-0.3, -0.25) is 4.68 Å². The minimum atomic E-state index is -1.02. The molecule has 0 amide bonds. The number of hydrogen-bond acceptors (Lipinski definition) is 3. The number of halogens is 1. The van der Waals surface area contributed by atoms with Crippen LogP contribution < -0.4 is 5.32 Å². The highest BCUT2D eigenvalue weighted by Crippen LogP contribution is 2.24. The van der Waals surface area contributed by atoms with Gasteiger partial charge in [-0.05, 0) is 19.4 Å². The van der Waals surface area contributed by atoms with Crippen molar-refractivity contribution in [1.29, 1.82) is 0 Å². The van der Waals surface area contributed by atoms with Crippen LogP contribution >= 0.6 is 0 Å². The van der Waals surface area contributed by atoms with Crippen LogP contribution in [0.4, 0.5) is 4.39 Å². The number of rotatable bonds is 2. The van der Waals surface area contributed by atoms with Crippen LogP contribution in [0.15, 0.2) is 6.20 Å². The molecule has 0 spiro atoms. The summed E-state index contributed by atoms with van der Waals surface area (Å²) in [6.07, 6.45) is 3.74. The second-order valence-corrected chi connectivity index (χ2v) is 3.78. The van der Waals surface area contributed by atoms with Gasteiger partial charge in [-0.25, -0.2) is 4.39 Å². The molecule has 0 aliphatic carbocycles. The van der Waals surface area contributed by atoms with E-state index in [-0.39, 0.29) is 6.04 Å². The van der Waals surface area contributed by atoms with Crippen molar-refractivity contribution in [1.82, 2.24) is 20.3 Å². The molecular weight excluding hydrogens is 183 g/mol. The molecule has 1 aliphatic rings. The van der Waals surface area contributed by atoms with Gasteiger partial charge < -0.3 is 5.32 Å². The fourth-order valence-corrected chi connectivity index (χ4v) is 1.83. The van der Waals surface area contributed by atoms with Gasteiger partial charge in [-0.2, -0.15) is 0 Å². The Balaban J connectivity index is 2.03. The van der Waals surface area contributed by atoms with Crippen molar-refractivity contribution >= 4 is 0 Å². The Hall–Kier alpha value is -0.970. The number of piperidine rings is 1. The van der Waals surface area contributed by atoms with Gasteiger partial charge in [-0.1, -0.05) is 11.6 Å². The van der Waals surface area contributed by atoms with E-state index in [1.54, 1.807) is 13.2 Å². The zero-order valence-electron chi connectivity index (χ0n) is 8.28. The SMILES string of the molecule is Cn1cc(C(F)C2CCCCN2)nn1. The summed E-state index contributed by atoms with van der Waals surface area (Å²) in [4.78, 5) is 0. The van der Waals surface area contributed by atoms with Crippen molar-refractivity contribution in [2.45, 2.75) is 31.5 Å². The first-order chi connectivity index (χ1) is 6.77. The summed E-state index contributed by atoms with van der Waals surface area (Å²) in [6, 6.07) is -0.0829. The predicted molar refractivity (Wildman–Crippen MR) is 50.5 cm³/mol. The standard InChI is InChI=1S/C9H15FN4/c1-14-6-8(12-13-14)9(10)7-4-2-3-5-11-7/h6-7,9,11H,2-5H2,1H3. The predicted octanol–water partition coefficient (Wildman–Crippen LogP) is 0.968. The Morgan fingerprint density at radius 1 is 1.64 bits per heavy atom. The third kappa shape index (κ3) is 1.92. The molecule has 0 bridgehead atoms.